The minimum atomic E-state index is -0.199. The van der Waals surface area contributed by atoms with Crippen molar-refractivity contribution in [3.63, 3.8) is 0 Å². The first kappa shape index (κ1) is 19.2. The van der Waals surface area contributed by atoms with Crippen LogP contribution in [0.5, 0.6) is 0 Å². The molecular weight excluding hydrogens is 386 g/mol. The van der Waals surface area contributed by atoms with E-state index >= 15 is 0 Å². The molecule has 0 saturated heterocycles. The lowest BCUT2D eigenvalue weighted by molar-refractivity contribution is -0.862. The maximum atomic E-state index is 12.2. The van der Waals surface area contributed by atoms with Crippen molar-refractivity contribution in [2.24, 2.45) is 0 Å². The second kappa shape index (κ2) is 8.82. The third kappa shape index (κ3) is 6.03. The average Bonchev–Trinajstić information content (AvgIpc) is 3.04. The minimum absolute atomic E-state index is 0.130. The van der Waals surface area contributed by atoms with E-state index in [0.29, 0.717) is 5.76 Å². The van der Waals surface area contributed by atoms with Crippen LogP contribution in [0.4, 0.5) is 5.69 Å². The fourth-order valence-electron chi connectivity index (χ4n) is 2.47. The normalized spacial score (nSPS) is 13.1. The highest BCUT2D eigenvalue weighted by atomic mass is 79.9. The Balaban J connectivity index is 1.79. The Morgan fingerprint density at radius 1 is 1.24 bits per heavy atom. The fraction of sp³-hybridized carbons (Fsp3) is 0.333. The van der Waals surface area contributed by atoms with E-state index in [4.69, 9.17) is 4.42 Å². The average molecular weight is 409 g/mol. The zero-order chi connectivity index (χ0) is 18.4. The van der Waals surface area contributed by atoms with Crippen LogP contribution in [0.1, 0.15) is 24.3 Å². The van der Waals surface area contributed by atoms with Gasteiger partial charge in [-0.25, -0.2) is 0 Å². The predicted octanol–water partition coefficient (Wildman–Crippen LogP) is 1.68. The van der Waals surface area contributed by atoms with Crippen LogP contribution < -0.4 is 15.5 Å². The number of nitrogens with one attached hydrogen (secondary N) is 3. The predicted molar refractivity (Wildman–Crippen MR) is 99.4 cm³/mol. The molecule has 1 aromatic carbocycles. The third-order valence-corrected chi connectivity index (χ3v) is 4.23. The van der Waals surface area contributed by atoms with Crippen molar-refractivity contribution in [3.8, 4) is 0 Å². The Morgan fingerprint density at radius 3 is 2.60 bits per heavy atom. The molecule has 1 heterocycles. The van der Waals surface area contributed by atoms with Crippen molar-refractivity contribution in [1.29, 1.82) is 0 Å². The molecule has 0 radical (unpaired) electrons. The molecule has 1 unspecified atom stereocenters. The molecular formula is C18H23BrN3O3+. The van der Waals surface area contributed by atoms with E-state index in [0.717, 1.165) is 20.6 Å². The van der Waals surface area contributed by atoms with Crippen molar-refractivity contribution in [3.05, 3.63) is 52.4 Å². The number of quaternary nitrogens is 1. The molecule has 134 valence electrons. The maximum absolute atomic E-state index is 12.2. The number of likely N-dealkylation sites (N-methyl/N-ethyl adjacent to an activating group) is 1. The van der Waals surface area contributed by atoms with Crippen molar-refractivity contribution >= 4 is 33.4 Å². The van der Waals surface area contributed by atoms with Crippen molar-refractivity contribution in [2.45, 2.75) is 19.9 Å². The number of halogens is 1. The van der Waals surface area contributed by atoms with Crippen molar-refractivity contribution in [1.82, 2.24) is 5.32 Å². The molecule has 0 bridgehead atoms. The highest BCUT2D eigenvalue weighted by Crippen LogP contribution is 2.19. The van der Waals surface area contributed by atoms with Crippen LogP contribution in [0.2, 0.25) is 0 Å². The summed E-state index contributed by atoms with van der Waals surface area (Å²) >= 11 is 3.40. The van der Waals surface area contributed by atoms with Crippen LogP contribution in [0, 0.1) is 6.92 Å². The number of rotatable bonds is 7. The van der Waals surface area contributed by atoms with Gasteiger partial charge in [0, 0.05) is 10.2 Å². The molecule has 2 rings (SSSR count). The van der Waals surface area contributed by atoms with Gasteiger partial charge in [-0.15, -0.1) is 0 Å². The summed E-state index contributed by atoms with van der Waals surface area (Å²) in [5.74, 6) is 0.443. The Labute approximate surface area is 155 Å². The molecule has 0 spiro atoms. The zero-order valence-corrected chi connectivity index (χ0v) is 16.1. The number of benzene rings is 1. The number of anilines is 1. The highest BCUT2D eigenvalue weighted by Gasteiger charge is 2.17. The van der Waals surface area contributed by atoms with Crippen molar-refractivity contribution < 1.29 is 18.9 Å². The number of amides is 2. The summed E-state index contributed by atoms with van der Waals surface area (Å²) in [6.45, 7) is 4.20. The van der Waals surface area contributed by atoms with Gasteiger partial charge in [0.25, 0.3) is 11.8 Å². The Morgan fingerprint density at radius 2 is 1.96 bits per heavy atom. The summed E-state index contributed by atoms with van der Waals surface area (Å²) in [4.78, 5) is 25.0. The van der Waals surface area contributed by atoms with E-state index in [-0.39, 0.29) is 30.9 Å². The van der Waals surface area contributed by atoms with E-state index in [9.17, 15) is 9.59 Å². The summed E-state index contributed by atoms with van der Waals surface area (Å²) in [6, 6.07) is 9.07. The van der Waals surface area contributed by atoms with Gasteiger partial charge in [0.15, 0.2) is 13.1 Å². The SMILES string of the molecule is Cc1cc(Br)ccc1NC(=O)C[NH+](C)CC(=O)N[C@H](C)c1ccco1. The largest absolute Gasteiger partial charge is 0.467 e. The molecule has 1 aromatic heterocycles. The topological polar surface area (TPSA) is 75.8 Å². The van der Waals surface area contributed by atoms with Crippen LogP contribution in [0.3, 0.4) is 0 Å². The molecule has 2 aromatic rings. The van der Waals surface area contributed by atoms with Crippen LogP contribution >= 0.6 is 15.9 Å². The first-order chi connectivity index (χ1) is 11.8. The molecule has 3 N–H and O–H groups in total. The van der Waals surface area contributed by atoms with Crippen LogP contribution in [-0.2, 0) is 9.59 Å². The van der Waals surface area contributed by atoms with Gasteiger partial charge in [-0.05, 0) is 49.7 Å². The lowest BCUT2D eigenvalue weighted by Crippen LogP contribution is -3.11. The lowest BCUT2D eigenvalue weighted by Gasteiger charge is -2.16. The molecule has 2 atom stereocenters. The Bertz CT molecular complexity index is 731. The van der Waals surface area contributed by atoms with E-state index in [2.05, 4.69) is 26.6 Å². The number of aryl methyl sites for hydroxylation is 1. The first-order valence-electron chi connectivity index (χ1n) is 8.05. The van der Waals surface area contributed by atoms with Gasteiger partial charge in [-0.3, -0.25) is 9.59 Å². The number of hydrogen-bond acceptors (Lipinski definition) is 3. The second-order valence-electron chi connectivity index (χ2n) is 6.12. The summed E-state index contributed by atoms with van der Waals surface area (Å²) < 4.78 is 6.23. The molecule has 0 aliphatic carbocycles. The molecule has 25 heavy (non-hydrogen) atoms. The van der Waals surface area contributed by atoms with Gasteiger partial charge < -0.3 is 20.0 Å². The van der Waals surface area contributed by atoms with Gasteiger partial charge >= 0.3 is 0 Å². The standard InChI is InChI=1S/C18H22BrN3O3/c1-12-9-14(19)6-7-15(12)21-18(24)11-22(3)10-17(23)20-13(2)16-5-4-8-25-16/h4-9,13H,10-11H2,1-3H3,(H,20,23)(H,21,24)/p+1/t13-/m1/s1. The number of furan rings is 1. The van der Waals surface area contributed by atoms with Gasteiger partial charge in [-0.1, -0.05) is 15.9 Å². The van der Waals surface area contributed by atoms with E-state index in [1.807, 2.05) is 45.2 Å². The second-order valence-corrected chi connectivity index (χ2v) is 7.04. The Kier molecular flexibility index (Phi) is 6.78. The van der Waals surface area contributed by atoms with Gasteiger partial charge in [0.1, 0.15) is 5.76 Å². The van der Waals surface area contributed by atoms with Gasteiger partial charge in [0.05, 0.1) is 19.4 Å². The van der Waals surface area contributed by atoms with Gasteiger partial charge in [-0.2, -0.15) is 0 Å². The summed E-state index contributed by atoms with van der Waals surface area (Å²) in [5.41, 5.74) is 1.75. The molecule has 0 fully saturated rings. The monoisotopic (exact) mass is 408 g/mol. The molecule has 0 aliphatic rings. The third-order valence-electron chi connectivity index (χ3n) is 3.73. The smallest absolute Gasteiger partial charge is 0.279 e. The quantitative estimate of drug-likeness (QED) is 0.652. The fourth-order valence-corrected chi connectivity index (χ4v) is 2.95. The first-order valence-corrected chi connectivity index (χ1v) is 8.84. The van der Waals surface area contributed by atoms with E-state index < -0.39 is 0 Å². The highest BCUT2D eigenvalue weighted by molar-refractivity contribution is 9.10. The Hall–Kier alpha value is -2.12. The minimum Gasteiger partial charge on any atom is -0.467 e. The molecule has 0 saturated carbocycles. The summed E-state index contributed by atoms with van der Waals surface area (Å²) in [6.07, 6.45) is 1.57. The molecule has 0 aliphatic heterocycles. The zero-order valence-electron chi connectivity index (χ0n) is 14.6. The van der Waals surface area contributed by atoms with E-state index in [1.165, 1.54) is 0 Å². The van der Waals surface area contributed by atoms with Crippen LogP contribution in [-0.4, -0.2) is 32.0 Å². The number of carbonyl (C=O) groups is 2. The maximum Gasteiger partial charge on any atom is 0.279 e. The molecule has 7 heteroatoms. The molecule has 2 amide bonds. The van der Waals surface area contributed by atoms with E-state index in [1.54, 1.807) is 12.3 Å². The van der Waals surface area contributed by atoms with Gasteiger partial charge in [0.2, 0.25) is 0 Å². The number of carbonyl (C=O) groups excluding carboxylic acids is 2. The summed E-state index contributed by atoms with van der Waals surface area (Å²) in [7, 11) is 1.81. The summed E-state index contributed by atoms with van der Waals surface area (Å²) in [5, 5.41) is 5.74. The number of hydrogen-bond donors (Lipinski definition) is 3. The lowest BCUT2D eigenvalue weighted by atomic mass is 10.2. The molecule has 6 nitrogen and oxygen atoms in total. The van der Waals surface area contributed by atoms with Crippen molar-refractivity contribution in [2.75, 3.05) is 25.5 Å². The van der Waals surface area contributed by atoms with Crippen LogP contribution in [0.25, 0.3) is 0 Å². The van der Waals surface area contributed by atoms with Crippen LogP contribution in [0.15, 0.2) is 45.5 Å².